The first-order valence-corrected chi connectivity index (χ1v) is 21.3. The van der Waals surface area contributed by atoms with Gasteiger partial charge in [0.2, 0.25) is 0 Å². The highest BCUT2D eigenvalue weighted by atomic mass is 15.1. The van der Waals surface area contributed by atoms with Crippen LogP contribution >= 0.6 is 0 Å². The van der Waals surface area contributed by atoms with E-state index >= 15 is 0 Å². The number of nitrogens with zero attached hydrogens (tertiary/aromatic N) is 2. The topological polar surface area (TPSA) is 8.17 Å². The van der Waals surface area contributed by atoms with E-state index in [0.717, 1.165) is 39.4 Å². The molecule has 0 N–H and O–H groups in total. The number of para-hydroxylation sites is 4. The van der Waals surface area contributed by atoms with Crippen molar-refractivity contribution in [3.63, 3.8) is 0 Å². The molecule has 1 aromatic heterocycles. The third-order valence-corrected chi connectivity index (χ3v) is 12.0. The summed E-state index contributed by atoms with van der Waals surface area (Å²) < 4.78 is 2.42. The number of anilines is 3. The minimum Gasteiger partial charge on any atom is -0.310 e. The van der Waals surface area contributed by atoms with Gasteiger partial charge in [-0.1, -0.05) is 206 Å². The zero-order valence-electron chi connectivity index (χ0n) is 34.1. The van der Waals surface area contributed by atoms with Gasteiger partial charge in [-0.15, -0.1) is 0 Å². The van der Waals surface area contributed by atoms with Crippen molar-refractivity contribution in [2.45, 2.75) is 0 Å². The Bertz CT molecular complexity index is 3350. The van der Waals surface area contributed by atoms with E-state index < -0.39 is 0 Å². The van der Waals surface area contributed by atoms with Crippen LogP contribution in [0.25, 0.3) is 83.1 Å². The van der Waals surface area contributed by atoms with E-state index in [4.69, 9.17) is 0 Å². The highest BCUT2D eigenvalue weighted by Gasteiger charge is 2.22. The predicted molar refractivity (Wildman–Crippen MR) is 263 cm³/mol. The van der Waals surface area contributed by atoms with Gasteiger partial charge in [0.15, 0.2) is 0 Å². The average molecular weight is 791 g/mol. The van der Waals surface area contributed by atoms with Gasteiger partial charge in [-0.2, -0.15) is 0 Å². The van der Waals surface area contributed by atoms with Crippen LogP contribution in [0.2, 0.25) is 0 Å². The Balaban J connectivity index is 1.13. The summed E-state index contributed by atoms with van der Waals surface area (Å²) in [6.45, 7) is 0. The standard InChI is InChI=1S/C60H42N2/c1-4-21-43(22-5-1)45-25-18-29-48(41-45)61(58-39-16-14-35-55(58)54-34-13-12-33-53(54)52-32-11-10-31-50(52)44-23-6-2-7-24-44)49-30-19-26-46(42-49)51-37-20-38-57-56-36-15-17-40-59(56)62(60(51)57)47-27-8-3-9-28-47/h1-42H. The monoisotopic (exact) mass is 790 g/mol. The van der Waals surface area contributed by atoms with Crippen molar-refractivity contribution in [2.24, 2.45) is 0 Å². The molecule has 0 aliphatic carbocycles. The normalized spacial score (nSPS) is 11.2. The van der Waals surface area contributed by atoms with Crippen LogP contribution in [0.4, 0.5) is 17.1 Å². The molecule has 0 amide bonds. The Morgan fingerprint density at radius 3 is 1.44 bits per heavy atom. The molecule has 0 spiro atoms. The molecule has 0 fully saturated rings. The van der Waals surface area contributed by atoms with E-state index in [0.29, 0.717) is 0 Å². The smallest absolute Gasteiger partial charge is 0.0619 e. The summed E-state index contributed by atoms with van der Waals surface area (Å²) in [5, 5.41) is 2.47. The second-order valence-corrected chi connectivity index (χ2v) is 15.7. The van der Waals surface area contributed by atoms with Gasteiger partial charge in [-0.3, -0.25) is 0 Å². The SMILES string of the molecule is c1ccc(-c2cccc(N(c3cccc(-c4cccc5c6ccccc6n(-c6ccccc6)c45)c3)c3ccccc3-c3ccccc3-c3ccccc3-c3ccccc3)c2)cc1. The van der Waals surface area contributed by atoms with Gasteiger partial charge < -0.3 is 9.47 Å². The van der Waals surface area contributed by atoms with Crippen LogP contribution < -0.4 is 4.90 Å². The molecular formula is C60H42N2. The maximum absolute atomic E-state index is 2.44. The van der Waals surface area contributed by atoms with Gasteiger partial charge in [-0.25, -0.2) is 0 Å². The fourth-order valence-corrected chi connectivity index (χ4v) is 9.23. The van der Waals surface area contributed by atoms with Gasteiger partial charge in [0.05, 0.1) is 16.7 Å². The van der Waals surface area contributed by atoms with Crippen LogP contribution in [0.15, 0.2) is 255 Å². The molecule has 0 radical (unpaired) electrons. The van der Waals surface area contributed by atoms with E-state index in [1.807, 2.05) is 0 Å². The number of fused-ring (bicyclic) bond motifs is 3. The number of benzene rings is 10. The van der Waals surface area contributed by atoms with Crippen molar-refractivity contribution in [1.82, 2.24) is 4.57 Å². The highest BCUT2D eigenvalue weighted by Crippen LogP contribution is 2.47. The lowest BCUT2D eigenvalue weighted by Gasteiger charge is -2.29. The molecule has 292 valence electrons. The van der Waals surface area contributed by atoms with E-state index in [1.165, 1.54) is 60.8 Å². The molecular weight excluding hydrogens is 749 g/mol. The van der Waals surface area contributed by atoms with Gasteiger partial charge in [0.1, 0.15) is 0 Å². The van der Waals surface area contributed by atoms with Crippen LogP contribution in [0.3, 0.4) is 0 Å². The lowest BCUT2D eigenvalue weighted by Crippen LogP contribution is -2.11. The number of aromatic nitrogens is 1. The van der Waals surface area contributed by atoms with Crippen LogP contribution in [-0.4, -0.2) is 4.57 Å². The van der Waals surface area contributed by atoms with E-state index in [2.05, 4.69) is 264 Å². The second-order valence-electron chi connectivity index (χ2n) is 15.7. The molecule has 0 aliphatic heterocycles. The van der Waals surface area contributed by atoms with Gasteiger partial charge >= 0.3 is 0 Å². The summed E-state index contributed by atoms with van der Waals surface area (Å²) in [4.78, 5) is 2.44. The third-order valence-electron chi connectivity index (χ3n) is 12.0. The number of hydrogen-bond donors (Lipinski definition) is 0. The quantitative estimate of drug-likeness (QED) is 0.141. The van der Waals surface area contributed by atoms with Crippen molar-refractivity contribution in [1.29, 1.82) is 0 Å². The molecule has 11 aromatic rings. The largest absolute Gasteiger partial charge is 0.310 e. The van der Waals surface area contributed by atoms with Crippen LogP contribution in [0, 0.1) is 0 Å². The Kier molecular flexibility index (Phi) is 9.57. The summed E-state index contributed by atoms with van der Waals surface area (Å²) in [6.07, 6.45) is 0. The van der Waals surface area contributed by atoms with Gasteiger partial charge in [0.25, 0.3) is 0 Å². The minimum atomic E-state index is 1.07. The molecule has 0 saturated carbocycles. The first-order valence-electron chi connectivity index (χ1n) is 21.3. The Labute approximate surface area is 362 Å². The van der Waals surface area contributed by atoms with Crippen molar-refractivity contribution >= 4 is 38.9 Å². The maximum Gasteiger partial charge on any atom is 0.0619 e. The Morgan fingerprint density at radius 2 is 0.726 bits per heavy atom. The van der Waals surface area contributed by atoms with E-state index in [9.17, 15) is 0 Å². The maximum atomic E-state index is 2.44. The summed E-state index contributed by atoms with van der Waals surface area (Å²) in [5.74, 6) is 0. The van der Waals surface area contributed by atoms with Crippen molar-refractivity contribution < 1.29 is 0 Å². The van der Waals surface area contributed by atoms with Crippen LogP contribution in [0.5, 0.6) is 0 Å². The first kappa shape index (κ1) is 36.8. The van der Waals surface area contributed by atoms with Gasteiger partial charge in [-0.05, 0) is 93.0 Å². The minimum absolute atomic E-state index is 1.07. The predicted octanol–water partition coefficient (Wildman–Crippen LogP) is 16.6. The van der Waals surface area contributed by atoms with E-state index in [1.54, 1.807) is 0 Å². The third kappa shape index (κ3) is 6.65. The molecule has 1 heterocycles. The summed E-state index contributed by atoms with van der Waals surface area (Å²) in [6, 6.07) is 92.1. The fourth-order valence-electron chi connectivity index (χ4n) is 9.23. The molecule has 2 heteroatoms. The molecule has 0 unspecified atom stereocenters. The summed E-state index contributed by atoms with van der Waals surface area (Å²) in [5.41, 5.74) is 18.5. The summed E-state index contributed by atoms with van der Waals surface area (Å²) in [7, 11) is 0. The molecule has 0 bridgehead atoms. The first-order chi connectivity index (χ1) is 30.8. The lowest BCUT2D eigenvalue weighted by atomic mass is 9.88. The molecule has 0 saturated heterocycles. The van der Waals surface area contributed by atoms with Crippen molar-refractivity contribution in [3.8, 4) is 61.3 Å². The fraction of sp³-hybridized carbons (Fsp3) is 0. The van der Waals surface area contributed by atoms with Crippen molar-refractivity contribution in [2.75, 3.05) is 4.90 Å². The van der Waals surface area contributed by atoms with E-state index in [-0.39, 0.29) is 0 Å². The summed E-state index contributed by atoms with van der Waals surface area (Å²) >= 11 is 0. The lowest BCUT2D eigenvalue weighted by molar-refractivity contribution is 1.18. The zero-order valence-corrected chi connectivity index (χ0v) is 34.1. The molecule has 0 atom stereocenters. The second kappa shape index (κ2) is 16.1. The van der Waals surface area contributed by atoms with Crippen molar-refractivity contribution in [3.05, 3.63) is 255 Å². The molecule has 0 aliphatic rings. The highest BCUT2D eigenvalue weighted by molar-refractivity contribution is 6.14. The molecule has 10 aromatic carbocycles. The van der Waals surface area contributed by atoms with Crippen LogP contribution in [-0.2, 0) is 0 Å². The molecule has 2 nitrogen and oxygen atoms in total. The Hall–Kier alpha value is -8.20. The Morgan fingerprint density at radius 1 is 0.274 bits per heavy atom. The number of hydrogen-bond acceptors (Lipinski definition) is 1. The zero-order chi connectivity index (χ0) is 41.2. The number of rotatable bonds is 9. The van der Waals surface area contributed by atoms with Gasteiger partial charge in [0, 0.05) is 39.0 Å². The molecule has 11 rings (SSSR count). The van der Waals surface area contributed by atoms with Crippen LogP contribution in [0.1, 0.15) is 0 Å². The molecule has 62 heavy (non-hydrogen) atoms. The average Bonchev–Trinajstić information content (AvgIpc) is 3.70.